The van der Waals surface area contributed by atoms with Crippen molar-refractivity contribution in [2.75, 3.05) is 13.1 Å². The van der Waals surface area contributed by atoms with E-state index in [0.717, 1.165) is 44.9 Å². The predicted octanol–water partition coefficient (Wildman–Crippen LogP) is 1.44. The minimum atomic E-state index is -0.813. The van der Waals surface area contributed by atoms with Gasteiger partial charge in [0.05, 0.1) is 6.42 Å². The number of carboxylic acids is 1. The van der Waals surface area contributed by atoms with Crippen molar-refractivity contribution in [2.24, 2.45) is 5.41 Å². The number of rotatable bonds is 11. The number of carboxylic acid groups (broad SMARTS) is 1. The largest absolute Gasteiger partial charge is 0.481 e. The number of amides is 2. The Morgan fingerprint density at radius 2 is 1.71 bits per heavy atom. The van der Waals surface area contributed by atoms with E-state index in [0.29, 0.717) is 25.9 Å². The fourth-order valence-corrected chi connectivity index (χ4v) is 3.08. The van der Waals surface area contributed by atoms with Gasteiger partial charge in [-0.1, -0.05) is 12.8 Å². The maximum Gasteiger partial charge on any atom is 0.303 e. The molecule has 0 atom stereocenters. The van der Waals surface area contributed by atoms with Crippen LogP contribution >= 0.6 is 0 Å². The second-order valence-corrected chi connectivity index (χ2v) is 5.94. The molecule has 6 nitrogen and oxygen atoms in total. The van der Waals surface area contributed by atoms with Crippen LogP contribution in [0.4, 0.5) is 0 Å². The molecule has 1 saturated carbocycles. The number of hydrogen-bond acceptors (Lipinski definition) is 3. The number of nitrogens with one attached hydrogen (secondary N) is 2. The quantitative estimate of drug-likeness (QED) is 0.397. The SMILES string of the molecule is O=CNCCCCCNC(=O)CC1(CC(=O)O)CCCC1. The molecule has 0 aromatic carbocycles. The van der Waals surface area contributed by atoms with Crippen LogP contribution in [0.5, 0.6) is 0 Å². The van der Waals surface area contributed by atoms with Crippen molar-refractivity contribution in [2.45, 2.75) is 57.8 Å². The van der Waals surface area contributed by atoms with Gasteiger partial charge in [-0.05, 0) is 37.5 Å². The molecule has 0 unspecified atom stereocenters. The van der Waals surface area contributed by atoms with Crippen LogP contribution in [0.2, 0.25) is 0 Å². The Labute approximate surface area is 125 Å². The van der Waals surface area contributed by atoms with E-state index >= 15 is 0 Å². The van der Waals surface area contributed by atoms with Crippen LogP contribution in [-0.2, 0) is 14.4 Å². The molecule has 6 heteroatoms. The Hall–Kier alpha value is -1.59. The second kappa shape index (κ2) is 9.37. The predicted molar refractivity (Wildman–Crippen MR) is 78.7 cm³/mol. The molecule has 0 radical (unpaired) electrons. The van der Waals surface area contributed by atoms with Crippen LogP contribution in [0.1, 0.15) is 57.8 Å². The van der Waals surface area contributed by atoms with Gasteiger partial charge in [-0.15, -0.1) is 0 Å². The summed E-state index contributed by atoms with van der Waals surface area (Å²) in [6.45, 7) is 1.28. The summed E-state index contributed by atoms with van der Waals surface area (Å²) in [5.41, 5.74) is -0.330. The van der Waals surface area contributed by atoms with Crippen LogP contribution < -0.4 is 10.6 Å². The molecule has 0 saturated heterocycles. The fourth-order valence-electron chi connectivity index (χ4n) is 3.08. The molecule has 0 aromatic rings. The van der Waals surface area contributed by atoms with E-state index in [1.54, 1.807) is 0 Å². The summed E-state index contributed by atoms with van der Waals surface area (Å²) in [5.74, 6) is -0.850. The summed E-state index contributed by atoms with van der Waals surface area (Å²) in [7, 11) is 0. The third kappa shape index (κ3) is 7.11. The first kappa shape index (κ1) is 17.5. The van der Waals surface area contributed by atoms with E-state index in [2.05, 4.69) is 10.6 Å². The summed E-state index contributed by atoms with van der Waals surface area (Å²) in [6.07, 6.45) is 7.54. The molecule has 0 aromatic heterocycles. The van der Waals surface area contributed by atoms with E-state index in [9.17, 15) is 14.4 Å². The van der Waals surface area contributed by atoms with Gasteiger partial charge in [0.15, 0.2) is 0 Å². The Morgan fingerprint density at radius 3 is 2.33 bits per heavy atom. The third-order valence-corrected chi connectivity index (χ3v) is 4.13. The summed E-state index contributed by atoms with van der Waals surface area (Å²) in [4.78, 5) is 33.0. The number of aliphatic carboxylic acids is 1. The summed E-state index contributed by atoms with van der Waals surface area (Å²) in [6, 6.07) is 0. The lowest BCUT2D eigenvalue weighted by atomic mass is 9.79. The lowest BCUT2D eigenvalue weighted by molar-refractivity contribution is -0.140. The monoisotopic (exact) mass is 298 g/mol. The smallest absolute Gasteiger partial charge is 0.303 e. The van der Waals surface area contributed by atoms with Crippen molar-refractivity contribution >= 4 is 18.3 Å². The number of carbonyl (C=O) groups excluding carboxylic acids is 2. The molecular weight excluding hydrogens is 272 g/mol. The molecule has 0 spiro atoms. The third-order valence-electron chi connectivity index (χ3n) is 4.13. The number of unbranched alkanes of at least 4 members (excludes halogenated alkanes) is 2. The van der Waals surface area contributed by atoms with Gasteiger partial charge in [-0.2, -0.15) is 0 Å². The zero-order chi connectivity index (χ0) is 15.6. The molecule has 120 valence electrons. The van der Waals surface area contributed by atoms with E-state index in [-0.39, 0.29) is 17.7 Å². The highest BCUT2D eigenvalue weighted by Crippen LogP contribution is 2.43. The minimum Gasteiger partial charge on any atom is -0.481 e. The van der Waals surface area contributed by atoms with Gasteiger partial charge in [0, 0.05) is 19.5 Å². The molecule has 0 heterocycles. The summed E-state index contributed by atoms with van der Waals surface area (Å²) >= 11 is 0. The van der Waals surface area contributed by atoms with E-state index in [4.69, 9.17) is 5.11 Å². The number of hydrogen-bond donors (Lipinski definition) is 3. The van der Waals surface area contributed by atoms with Gasteiger partial charge >= 0.3 is 5.97 Å². The van der Waals surface area contributed by atoms with Gasteiger partial charge in [0.1, 0.15) is 0 Å². The highest BCUT2D eigenvalue weighted by Gasteiger charge is 2.37. The first-order valence-corrected chi connectivity index (χ1v) is 7.73. The minimum absolute atomic E-state index is 0.0378. The summed E-state index contributed by atoms with van der Waals surface area (Å²) < 4.78 is 0. The highest BCUT2D eigenvalue weighted by molar-refractivity contribution is 5.78. The maximum absolute atomic E-state index is 12.0. The van der Waals surface area contributed by atoms with Crippen molar-refractivity contribution < 1.29 is 19.5 Å². The summed E-state index contributed by atoms with van der Waals surface area (Å²) in [5, 5.41) is 14.5. The van der Waals surface area contributed by atoms with Crippen LogP contribution in [0.25, 0.3) is 0 Å². The number of carbonyl (C=O) groups is 3. The molecule has 0 aliphatic heterocycles. The lowest BCUT2D eigenvalue weighted by Crippen LogP contribution is -2.32. The Kier molecular flexibility index (Phi) is 7.79. The van der Waals surface area contributed by atoms with E-state index in [1.807, 2.05) is 0 Å². The van der Waals surface area contributed by atoms with Gasteiger partial charge in [-0.3, -0.25) is 14.4 Å². The van der Waals surface area contributed by atoms with Gasteiger partial charge in [-0.25, -0.2) is 0 Å². The maximum atomic E-state index is 12.0. The molecule has 1 fully saturated rings. The average molecular weight is 298 g/mol. The fraction of sp³-hybridized carbons (Fsp3) is 0.800. The topological polar surface area (TPSA) is 95.5 Å². The Morgan fingerprint density at radius 1 is 1.05 bits per heavy atom. The van der Waals surface area contributed by atoms with Crippen LogP contribution in [0.15, 0.2) is 0 Å². The zero-order valence-electron chi connectivity index (χ0n) is 12.5. The molecule has 0 bridgehead atoms. The molecular formula is C15H26N2O4. The normalized spacial score (nSPS) is 16.4. The first-order chi connectivity index (χ1) is 10.1. The van der Waals surface area contributed by atoms with Gasteiger partial charge in [0.25, 0.3) is 0 Å². The van der Waals surface area contributed by atoms with Crippen molar-refractivity contribution in [1.29, 1.82) is 0 Å². The van der Waals surface area contributed by atoms with Crippen molar-refractivity contribution in [3.63, 3.8) is 0 Å². The second-order valence-electron chi connectivity index (χ2n) is 5.94. The zero-order valence-corrected chi connectivity index (χ0v) is 12.5. The highest BCUT2D eigenvalue weighted by atomic mass is 16.4. The van der Waals surface area contributed by atoms with Crippen molar-refractivity contribution in [1.82, 2.24) is 10.6 Å². The first-order valence-electron chi connectivity index (χ1n) is 7.73. The Balaban J connectivity index is 2.19. The molecule has 21 heavy (non-hydrogen) atoms. The van der Waals surface area contributed by atoms with Crippen molar-refractivity contribution in [3.05, 3.63) is 0 Å². The van der Waals surface area contributed by atoms with E-state index in [1.165, 1.54) is 0 Å². The standard InChI is InChI=1S/C15H26N2O4/c18-12-16-8-4-1-5-9-17-13(19)10-15(11-14(20)21)6-2-3-7-15/h12H,1-11H2,(H,16,18)(H,17,19)(H,20,21). The molecule has 1 rings (SSSR count). The van der Waals surface area contributed by atoms with E-state index < -0.39 is 5.97 Å². The Bertz CT molecular complexity index is 352. The molecule has 1 aliphatic rings. The molecule has 2 amide bonds. The van der Waals surface area contributed by atoms with Gasteiger partial charge in [0.2, 0.25) is 12.3 Å². The molecule has 3 N–H and O–H groups in total. The van der Waals surface area contributed by atoms with Crippen LogP contribution in [0, 0.1) is 5.41 Å². The van der Waals surface area contributed by atoms with Crippen LogP contribution in [0.3, 0.4) is 0 Å². The van der Waals surface area contributed by atoms with Crippen molar-refractivity contribution in [3.8, 4) is 0 Å². The van der Waals surface area contributed by atoms with Crippen LogP contribution in [-0.4, -0.2) is 36.5 Å². The van der Waals surface area contributed by atoms with Gasteiger partial charge < -0.3 is 15.7 Å². The average Bonchev–Trinajstić information content (AvgIpc) is 2.84. The molecule has 1 aliphatic carbocycles. The lowest BCUT2D eigenvalue weighted by Gasteiger charge is -2.26.